The van der Waals surface area contributed by atoms with Gasteiger partial charge in [0, 0.05) is 11.4 Å². The molecule has 4 N–H and O–H groups in total. The third-order valence-corrected chi connectivity index (χ3v) is 4.13. The predicted octanol–water partition coefficient (Wildman–Crippen LogP) is 3.44. The van der Waals surface area contributed by atoms with Gasteiger partial charge in [-0.2, -0.15) is 0 Å². The van der Waals surface area contributed by atoms with Crippen molar-refractivity contribution in [2.45, 2.75) is 0 Å². The molecule has 0 atom stereocenters. The van der Waals surface area contributed by atoms with E-state index in [-0.39, 0.29) is 5.91 Å². The lowest BCUT2D eigenvalue weighted by atomic mass is 10.1. The van der Waals surface area contributed by atoms with Gasteiger partial charge in [-0.15, -0.1) is 0 Å². The summed E-state index contributed by atoms with van der Waals surface area (Å²) in [4.78, 5) is 26.5. The van der Waals surface area contributed by atoms with Gasteiger partial charge in [-0.1, -0.05) is 0 Å². The fraction of sp³-hybridized carbons (Fsp3) is 0. The van der Waals surface area contributed by atoms with Gasteiger partial charge in [0.25, 0.3) is 11.8 Å². The second kappa shape index (κ2) is 5.93. The molecule has 6 heteroatoms. The van der Waals surface area contributed by atoms with Crippen molar-refractivity contribution in [2.75, 3.05) is 16.4 Å². The van der Waals surface area contributed by atoms with E-state index in [9.17, 15) is 9.59 Å². The summed E-state index contributed by atoms with van der Waals surface area (Å²) in [5.41, 5.74) is 13.6. The second-order valence-corrected chi connectivity index (χ2v) is 5.92. The number of benzene rings is 3. The zero-order valence-electron chi connectivity index (χ0n) is 13.7. The molecule has 0 bridgehead atoms. The molecule has 0 aromatic heterocycles. The summed E-state index contributed by atoms with van der Waals surface area (Å²) in [6, 6.07) is 18.3. The van der Waals surface area contributed by atoms with E-state index >= 15 is 0 Å². The molecule has 0 aliphatic carbocycles. The molecule has 0 fully saturated rings. The lowest BCUT2D eigenvalue weighted by Gasteiger charge is -2.13. The topological polar surface area (TPSA) is 98.7 Å². The molecule has 0 unspecified atom stereocenters. The van der Waals surface area contributed by atoms with E-state index in [0.29, 0.717) is 39.7 Å². The zero-order valence-corrected chi connectivity index (χ0v) is 13.7. The number of nitrogens with two attached hydrogens (primary N) is 2. The molecule has 0 saturated carbocycles. The summed E-state index contributed by atoms with van der Waals surface area (Å²) in [6.45, 7) is 0. The van der Waals surface area contributed by atoms with Gasteiger partial charge in [0.2, 0.25) is 0 Å². The van der Waals surface area contributed by atoms with Crippen LogP contribution < -0.4 is 21.1 Å². The smallest absolute Gasteiger partial charge is 0.266 e. The number of nitrogen functional groups attached to an aromatic ring is 2. The van der Waals surface area contributed by atoms with Crippen LogP contribution in [0.25, 0.3) is 0 Å². The third kappa shape index (κ3) is 2.63. The van der Waals surface area contributed by atoms with Crippen LogP contribution in [-0.2, 0) is 0 Å². The van der Waals surface area contributed by atoms with Gasteiger partial charge in [0.1, 0.15) is 11.5 Å². The Morgan fingerprint density at radius 2 is 1.19 bits per heavy atom. The van der Waals surface area contributed by atoms with Crippen LogP contribution in [0.15, 0.2) is 66.7 Å². The summed E-state index contributed by atoms with van der Waals surface area (Å²) in [6.07, 6.45) is 0. The minimum absolute atomic E-state index is 0.305. The number of carbonyl (C=O) groups excluding carboxylic acids is 2. The number of hydrogen-bond acceptors (Lipinski definition) is 5. The third-order valence-electron chi connectivity index (χ3n) is 4.13. The number of hydrogen-bond donors (Lipinski definition) is 2. The van der Waals surface area contributed by atoms with Crippen molar-refractivity contribution in [2.24, 2.45) is 0 Å². The van der Waals surface area contributed by atoms with Crippen molar-refractivity contribution in [3.8, 4) is 11.5 Å². The largest absolute Gasteiger partial charge is 0.457 e. The number of fused-ring (bicyclic) bond motifs is 1. The van der Waals surface area contributed by atoms with Crippen LogP contribution in [0.3, 0.4) is 0 Å². The fourth-order valence-corrected chi connectivity index (χ4v) is 2.81. The highest BCUT2D eigenvalue weighted by Gasteiger charge is 2.36. The lowest BCUT2D eigenvalue weighted by molar-refractivity contribution is 0.0926. The van der Waals surface area contributed by atoms with Gasteiger partial charge >= 0.3 is 0 Å². The Bertz CT molecular complexity index is 1010. The quantitative estimate of drug-likeness (QED) is 0.559. The maximum atomic E-state index is 12.7. The van der Waals surface area contributed by atoms with Gasteiger partial charge in [-0.05, 0) is 66.7 Å². The van der Waals surface area contributed by atoms with Gasteiger partial charge in [-0.25, -0.2) is 4.90 Å². The van der Waals surface area contributed by atoms with E-state index in [2.05, 4.69) is 0 Å². The van der Waals surface area contributed by atoms with E-state index < -0.39 is 5.91 Å². The molecule has 1 aliphatic heterocycles. The summed E-state index contributed by atoms with van der Waals surface area (Å²) < 4.78 is 5.74. The minimum Gasteiger partial charge on any atom is -0.457 e. The van der Waals surface area contributed by atoms with Crippen LogP contribution in [0.4, 0.5) is 17.1 Å². The Hall–Kier alpha value is -3.80. The van der Waals surface area contributed by atoms with Crippen LogP contribution >= 0.6 is 0 Å². The number of ether oxygens (including phenoxy) is 1. The molecule has 4 rings (SSSR count). The molecule has 26 heavy (non-hydrogen) atoms. The number of anilines is 3. The first kappa shape index (κ1) is 15.7. The molecular formula is C20H15N3O3. The van der Waals surface area contributed by atoms with E-state index in [1.807, 2.05) is 0 Å². The van der Waals surface area contributed by atoms with Gasteiger partial charge < -0.3 is 16.2 Å². The Kier molecular flexibility index (Phi) is 3.58. The highest BCUT2D eigenvalue weighted by molar-refractivity contribution is 6.34. The molecular weight excluding hydrogens is 330 g/mol. The Balaban J connectivity index is 1.65. The Morgan fingerprint density at radius 1 is 0.654 bits per heavy atom. The van der Waals surface area contributed by atoms with Gasteiger partial charge in [-0.3, -0.25) is 9.59 Å². The van der Waals surface area contributed by atoms with Gasteiger partial charge in [0.05, 0.1) is 16.8 Å². The first-order valence-electron chi connectivity index (χ1n) is 7.95. The maximum Gasteiger partial charge on any atom is 0.266 e. The molecule has 1 heterocycles. The van der Waals surface area contributed by atoms with E-state index in [1.54, 1.807) is 66.7 Å². The molecule has 3 aromatic rings. The van der Waals surface area contributed by atoms with Crippen molar-refractivity contribution in [1.29, 1.82) is 0 Å². The standard InChI is InChI=1S/C20H15N3O3/c21-12-1-5-14(6-2-12)23-19(24)17-10-9-16(11-18(17)20(23)25)26-15-7-3-13(22)4-8-15/h1-11H,21-22H2. The minimum atomic E-state index is -0.391. The SMILES string of the molecule is Nc1ccc(Oc2ccc3c(c2)C(=O)N(c2ccc(N)cc2)C3=O)cc1. The fourth-order valence-electron chi connectivity index (χ4n) is 2.81. The van der Waals surface area contributed by atoms with Crippen molar-refractivity contribution in [1.82, 2.24) is 0 Å². The number of carbonyl (C=O) groups is 2. The monoisotopic (exact) mass is 345 g/mol. The summed E-state index contributed by atoms with van der Waals surface area (Å²) in [5.74, 6) is 0.298. The van der Waals surface area contributed by atoms with Crippen molar-refractivity contribution >= 4 is 28.9 Å². The molecule has 3 aromatic carbocycles. The number of imide groups is 1. The van der Waals surface area contributed by atoms with Crippen molar-refractivity contribution < 1.29 is 14.3 Å². The molecule has 0 radical (unpaired) electrons. The normalized spacial score (nSPS) is 13.0. The van der Waals surface area contributed by atoms with Crippen LogP contribution in [0.1, 0.15) is 20.7 Å². The zero-order chi connectivity index (χ0) is 18.3. The van der Waals surface area contributed by atoms with Crippen LogP contribution in [0, 0.1) is 0 Å². The molecule has 0 saturated heterocycles. The summed E-state index contributed by atoms with van der Waals surface area (Å²) >= 11 is 0. The van der Waals surface area contributed by atoms with E-state index in [0.717, 1.165) is 4.90 Å². The summed E-state index contributed by atoms with van der Waals surface area (Å²) in [5, 5.41) is 0. The average molecular weight is 345 g/mol. The first-order chi connectivity index (χ1) is 12.5. The highest BCUT2D eigenvalue weighted by atomic mass is 16.5. The van der Waals surface area contributed by atoms with Crippen LogP contribution in [0.5, 0.6) is 11.5 Å². The van der Waals surface area contributed by atoms with Crippen LogP contribution in [-0.4, -0.2) is 11.8 Å². The predicted molar refractivity (Wildman–Crippen MR) is 99.4 cm³/mol. The Morgan fingerprint density at radius 3 is 1.85 bits per heavy atom. The average Bonchev–Trinajstić information content (AvgIpc) is 2.89. The van der Waals surface area contributed by atoms with Crippen molar-refractivity contribution in [3.05, 3.63) is 77.9 Å². The molecule has 0 spiro atoms. The maximum absolute atomic E-state index is 12.7. The number of rotatable bonds is 3. The molecule has 2 amide bonds. The lowest BCUT2D eigenvalue weighted by Crippen LogP contribution is -2.29. The highest BCUT2D eigenvalue weighted by Crippen LogP contribution is 2.32. The summed E-state index contributed by atoms with van der Waals surface area (Å²) in [7, 11) is 0. The van der Waals surface area contributed by atoms with Crippen LogP contribution in [0.2, 0.25) is 0 Å². The second-order valence-electron chi connectivity index (χ2n) is 5.92. The Labute approximate surface area is 149 Å². The van der Waals surface area contributed by atoms with Crippen molar-refractivity contribution in [3.63, 3.8) is 0 Å². The first-order valence-corrected chi connectivity index (χ1v) is 7.95. The molecule has 1 aliphatic rings. The molecule has 128 valence electrons. The molecule has 6 nitrogen and oxygen atoms in total. The van der Waals surface area contributed by atoms with E-state index in [1.165, 1.54) is 0 Å². The number of amides is 2. The number of nitrogens with zero attached hydrogens (tertiary/aromatic N) is 1. The van der Waals surface area contributed by atoms with Gasteiger partial charge in [0.15, 0.2) is 0 Å². The van der Waals surface area contributed by atoms with E-state index in [4.69, 9.17) is 16.2 Å².